The first-order valence-electron chi connectivity index (χ1n) is 7.22. The van der Waals surface area contributed by atoms with E-state index in [-0.39, 0.29) is 0 Å². The molecule has 0 saturated carbocycles. The molecule has 2 N–H and O–H groups in total. The molecule has 0 atom stereocenters. The minimum absolute atomic E-state index is 0.384. The second kappa shape index (κ2) is 8.63. The Labute approximate surface area is 123 Å². The topological polar surface area (TPSA) is 38.5 Å². The Balaban J connectivity index is 3.00. The van der Waals surface area contributed by atoms with Crippen LogP contribution in [0.4, 0.5) is 0 Å². The summed E-state index contributed by atoms with van der Waals surface area (Å²) in [5.41, 5.74) is 7.60. The van der Waals surface area contributed by atoms with Crippen LogP contribution in [0.25, 0.3) is 0 Å². The molecule has 1 rings (SSSR count). The number of hydrogen-bond acceptors (Lipinski definition) is 3. The fraction of sp³-hybridized carbons (Fsp3) is 0.529. The predicted molar refractivity (Wildman–Crippen MR) is 84.8 cm³/mol. The van der Waals surface area contributed by atoms with Crippen molar-refractivity contribution in [1.82, 2.24) is 4.90 Å². The van der Waals surface area contributed by atoms with E-state index in [0.717, 1.165) is 30.8 Å². The smallest absolute Gasteiger partial charge is 0.123 e. The van der Waals surface area contributed by atoms with Crippen molar-refractivity contribution in [3.8, 4) is 17.6 Å². The van der Waals surface area contributed by atoms with Crippen molar-refractivity contribution in [2.45, 2.75) is 39.8 Å². The van der Waals surface area contributed by atoms with Gasteiger partial charge in [0.2, 0.25) is 0 Å². The highest BCUT2D eigenvalue weighted by Gasteiger charge is 2.12. The van der Waals surface area contributed by atoms with Gasteiger partial charge in [-0.1, -0.05) is 18.8 Å². The standard InChI is InChI=1S/C17H26N2O/c1-5-11-19(14(2)3)13-16-12-15(7-6-10-18)8-9-17(16)20-4/h8-9,12,14H,5,10-11,13,18H2,1-4H3. The Morgan fingerprint density at radius 1 is 1.35 bits per heavy atom. The lowest BCUT2D eigenvalue weighted by molar-refractivity contribution is 0.210. The zero-order chi connectivity index (χ0) is 15.0. The van der Waals surface area contributed by atoms with Crippen molar-refractivity contribution in [1.29, 1.82) is 0 Å². The van der Waals surface area contributed by atoms with Gasteiger partial charge in [0.1, 0.15) is 5.75 Å². The van der Waals surface area contributed by atoms with Crippen LogP contribution in [0, 0.1) is 11.8 Å². The summed E-state index contributed by atoms with van der Waals surface area (Å²) in [4.78, 5) is 2.44. The molecule has 0 spiro atoms. The molecule has 0 radical (unpaired) electrons. The van der Waals surface area contributed by atoms with E-state index in [1.165, 1.54) is 5.56 Å². The second-order valence-corrected chi connectivity index (χ2v) is 5.10. The fourth-order valence-electron chi connectivity index (χ4n) is 2.16. The SMILES string of the molecule is CCCN(Cc1cc(C#CCN)ccc1OC)C(C)C. The van der Waals surface area contributed by atoms with E-state index < -0.39 is 0 Å². The summed E-state index contributed by atoms with van der Waals surface area (Å²) < 4.78 is 5.46. The predicted octanol–water partition coefficient (Wildman–Crippen LogP) is 2.63. The van der Waals surface area contributed by atoms with Gasteiger partial charge < -0.3 is 10.5 Å². The first-order chi connectivity index (χ1) is 9.62. The third-order valence-corrected chi connectivity index (χ3v) is 3.23. The third kappa shape index (κ3) is 4.88. The van der Waals surface area contributed by atoms with Gasteiger partial charge in [0.25, 0.3) is 0 Å². The van der Waals surface area contributed by atoms with Gasteiger partial charge in [-0.25, -0.2) is 0 Å². The maximum Gasteiger partial charge on any atom is 0.123 e. The number of ether oxygens (including phenoxy) is 1. The zero-order valence-electron chi connectivity index (χ0n) is 13.1. The molecule has 0 fully saturated rings. The number of benzene rings is 1. The van der Waals surface area contributed by atoms with Crippen molar-refractivity contribution in [3.05, 3.63) is 29.3 Å². The van der Waals surface area contributed by atoms with E-state index in [1.54, 1.807) is 7.11 Å². The normalized spacial score (nSPS) is 10.6. The molecule has 0 aliphatic heterocycles. The summed E-state index contributed by atoms with van der Waals surface area (Å²) in [6.45, 7) is 9.00. The molecule has 1 aromatic carbocycles. The van der Waals surface area contributed by atoms with E-state index in [2.05, 4.69) is 43.6 Å². The Kier molecular flexibility index (Phi) is 7.14. The highest BCUT2D eigenvalue weighted by Crippen LogP contribution is 2.22. The molecule has 1 aromatic rings. The molecular formula is C17H26N2O. The number of nitrogens with zero attached hydrogens (tertiary/aromatic N) is 1. The Morgan fingerprint density at radius 3 is 2.65 bits per heavy atom. The summed E-state index contributed by atoms with van der Waals surface area (Å²) in [6.07, 6.45) is 1.15. The van der Waals surface area contributed by atoms with Crippen LogP contribution in [0.1, 0.15) is 38.3 Å². The maximum atomic E-state index is 5.46. The molecule has 0 bridgehead atoms. The number of methoxy groups -OCH3 is 1. The summed E-state index contributed by atoms with van der Waals surface area (Å²) in [6, 6.07) is 6.58. The lowest BCUT2D eigenvalue weighted by Gasteiger charge is -2.26. The average Bonchev–Trinajstić information content (AvgIpc) is 2.44. The van der Waals surface area contributed by atoms with Crippen LogP contribution >= 0.6 is 0 Å². The van der Waals surface area contributed by atoms with Gasteiger partial charge in [0, 0.05) is 23.7 Å². The summed E-state index contributed by atoms with van der Waals surface area (Å²) in [7, 11) is 1.71. The minimum Gasteiger partial charge on any atom is -0.496 e. The quantitative estimate of drug-likeness (QED) is 0.810. The first-order valence-corrected chi connectivity index (χ1v) is 7.22. The molecule has 110 valence electrons. The lowest BCUT2D eigenvalue weighted by atomic mass is 10.1. The molecular weight excluding hydrogens is 248 g/mol. The van der Waals surface area contributed by atoms with Crippen LogP contribution in [0.3, 0.4) is 0 Å². The van der Waals surface area contributed by atoms with Crippen LogP contribution < -0.4 is 10.5 Å². The van der Waals surface area contributed by atoms with Gasteiger partial charge >= 0.3 is 0 Å². The first kappa shape index (κ1) is 16.6. The van der Waals surface area contributed by atoms with Crippen molar-refractivity contribution < 1.29 is 4.74 Å². The molecule has 0 saturated heterocycles. The van der Waals surface area contributed by atoms with E-state index in [1.807, 2.05) is 12.1 Å². The van der Waals surface area contributed by atoms with Crippen LogP contribution in [0.2, 0.25) is 0 Å². The fourth-order valence-corrected chi connectivity index (χ4v) is 2.16. The van der Waals surface area contributed by atoms with Crippen molar-refractivity contribution in [3.63, 3.8) is 0 Å². The summed E-state index contributed by atoms with van der Waals surface area (Å²) >= 11 is 0. The molecule has 20 heavy (non-hydrogen) atoms. The Morgan fingerprint density at radius 2 is 2.10 bits per heavy atom. The lowest BCUT2D eigenvalue weighted by Crippen LogP contribution is -2.31. The average molecular weight is 274 g/mol. The van der Waals surface area contributed by atoms with Gasteiger partial charge in [-0.15, -0.1) is 0 Å². The van der Waals surface area contributed by atoms with Crippen molar-refractivity contribution in [2.24, 2.45) is 5.73 Å². The second-order valence-electron chi connectivity index (χ2n) is 5.10. The molecule has 0 unspecified atom stereocenters. The monoisotopic (exact) mass is 274 g/mol. The zero-order valence-corrected chi connectivity index (χ0v) is 13.1. The van der Waals surface area contributed by atoms with Gasteiger partial charge in [-0.2, -0.15) is 0 Å². The van der Waals surface area contributed by atoms with Crippen molar-refractivity contribution >= 4 is 0 Å². The maximum absolute atomic E-state index is 5.46. The van der Waals surface area contributed by atoms with Crippen LogP contribution in [-0.2, 0) is 6.54 Å². The van der Waals surface area contributed by atoms with E-state index in [0.29, 0.717) is 12.6 Å². The molecule has 3 nitrogen and oxygen atoms in total. The van der Waals surface area contributed by atoms with Gasteiger partial charge in [0.15, 0.2) is 0 Å². The highest BCUT2D eigenvalue weighted by atomic mass is 16.5. The van der Waals surface area contributed by atoms with E-state index in [9.17, 15) is 0 Å². The number of rotatable bonds is 6. The highest BCUT2D eigenvalue weighted by molar-refractivity contribution is 5.44. The molecule has 0 aliphatic rings. The Hall–Kier alpha value is -1.50. The van der Waals surface area contributed by atoms with E-state index >= 15 is 0 Å². The summed E-state index contributed by atoms with van der Waals surface area (Å²) in [5, 5.41) is 0. The number of hydrogen-bond donors (Lipinski definition) is 1. The molecule has 0 amide bonds. The largest absolute Gasteiger partial charge is 0.496 e. The third-order valence-electron chi connectivity index (χ3n) is 3.23. The van der Waals surface area contributed by atoms with Gasteiger partial charge in [0.05, 0.1) is 13.7 Å². The molecule has 3 heteroatoms. The molecule has 0 heterocycles. The van der Waals surface area contributed by atoms with Gasteiger partial charge in [-0.05, 0) is 45.0 Å². The summed E-state index contributed by atoms with van der Waals surface area (Å²) in [5.74, 6) is 6.90. The minimum atomic E-state index is 0.384. The number of nitrogens with two attached hydrogens (primary N) is 1. The van der Waals surface area contributed by atoms with Gasteiger partial charge in [-0.3, -0.25) is 4.90 Å². The van der Waals surface area contributed by atoms with Crippen LogP contribution in [0.15, 0.2) is 18.2 Å². The van der Waals surface area contributed by atoms with Crippen LogP contribution in [0.5, 0.6) is 5.75 Å². The van der Waals surface area contributed by atoms with E-state index in [4.69, 9.17) is 10.5 Å². The van der Waals surface area contributed by atoms with Crippen molar-refractivity contribution in [2.75, 3.05) is 20.2 Å². The van der Waals surface area contributed by atoms with Crippen LogP contribution in [-0.4, -0.2) is 31.1 Å². The Bertz CT molecular complexity index is 472. The molecule has 0 aromatic heterocycles. The molecule has 0 aliphatic carbocycles.